The second kappa shape index (κ2) is 6.38. The van der Waals surface area contributed by atoms with Gasteiger partial charge in [0.1, 0.15) is 22.8 Å². The van der Waals surface area contributed by atoms with Gasteiger partial charge in [-0.25, -0.2) is 0 Å². The summed E-state index contributed by atoms with van der Waals surface area (Å²) < 4.78 is 13.2. The van der Waals surface area contributed by atoms with Crippen LogP contribution in [0.4, 0.5) is 0 Å². The van der Waals surface area contributed by atoms with Crippen LogP contribution in [0.15, 0.2) is 66.6 Å². The molecule has 1 aliphatic carbocycles. The highest BCUT2D eigenvalue weighted by Crippen LogP contribution is 2.53. The zero-order chi connectivity index (χ0) is 19.2. The summed E-state index contributed by atoms with van der Waals surface area (Å²) in [6, 6.07) is 12.1. The molecule has 2 aromatic rings. The van der Waals surface area contributed by atoms with Gasteiger partial charge in [0.2, 0.25) is 0 Å². The summed E-state index contributed by atoms with van der Waals surface area (Å²) in [7, 11) is 3.26. The molecule has 140 valence electrons. The van der Waals surface area contributed by atoms with E-state index in [1.165, 1.54) is 0 Å². The maximum atomic E-state index is 11.4. The van der Waals surface area contributed by atoms with E-state index in [2.05, 4.69) is 35.9 Å². The molecular formula is C23H25NO3. The quantitative estimate of drug-likeness (QED) is 0.737. The van der Waals surface area contributed by atoms with E-state index in [1.54, 1.807) is 14.2 Å². The zero-order valence-electron chi connectivity index (χ0n) is 15.9. The summed E-state index contributed by atoms with van der Waals surface area (Å²) in [6.07, 6.45) is 3.87. The van der Waals surface area contributed by atoms with Crippen molar-refractivity contribution in [3.63, 3.8) is 0 Å². The van der Waals surface area contributed by atoms with Crippen molar-refractivity contribution in [1.82, 2.24) is 4.57 Å². The second-order valence-electron chi connectivity index (χ2n) is 7.21. The Morgan fingerprint density at radius 3 is 2.41 bits per heavy atom. The van der Waals surface area contributed by atoms with Gasteiger partial charge in [0.15, 0.2) is 0 Å². The number of para-hydroxylation sites is 1. The average Bonchev–Trinajstić information content (AvgIpc) is 3.34. The number of aliphatic hydroxyl groups excluding tert-OH is 1. The Kier molecular flexibility index (Phi) is 4.14. The van der Waals surface area contributed by atoms with Crippen LogP contribution in [-0.2, 0) is 10.3 Å². The SMILES string of the molecule is C=C(OC)C1=C(O)C2(CCCC2)n2c(ccc2-c2ccccc2OC)C1=C. The lowest BCUT2D eigenvalue weighted by Gasteiger charge is -2.40. The number of ether oxygens (including phenoxy) is 2. The van der Waals surface area contributed by atoms with E-state index in [0.717, 1.165) is 54.0 Å². The molecule has 1 saturated carbocycles. The van der Waals surface area contributed by atoms with E-state index in [1.807, 2.05) is 18.2 Å². The average molecular weight is 363 g/mol. The number of allylic oxidation sites excluding steroid dienone is 2. The summed E-state index contributed by atoms with van der Waals surface area (Å²) in [5.74, 6) is 1.58. The third kappa shape index (κ3) is 2.36. The van der Waals surface area contributed by atoms with Crippen LogP contribution in [0.25, 0.3) is 16.8 Å². The Morgan fingerprint density at radius 2 is 1.74 bits per heavy atom. The van der Waals surface area contributed by atoms with Crippen LogP contribution in [-0.4, -0.2) is 23.9 Å². The number of aromatic nitrogens is 1. The van der Waals surface area contributed by atoms with Crippen LogP contribution in [0.5, 0.6) is 5.75 Å². The van der Waals surface area contributed by atoms with Crippen LogP contribution in [0.2, 0.25) is 0 Å². The molecule has 4 rings (SSSR count). The van der Waals surface area contributed by atoms with Crippen molar-refractivity contribution in [2.45, 2.75) is 31.2 Å². The smallest absolute Gasteiger partial charge is 0.130 e. The van der Waals surface area contributed by atoms with Gasteiger partial charge in [-0.1, -0.05) is 38.1 Å². The molecule has 0 unspecified atom stereocenters. The molecule has 27 heavy (non-hydrogen) atoms. The van der Waals surface area contributed by atoms with Gasteiger partial charge in [-0.15, -0.1) is 0 Å². The van der Waals surface area contributed by atoms with Gasteiger partial charge in [-0.2, -0.15) is 0 Å². The standard InChI is InChI=1S/C23H25NO3/c1-15-18-11-12-19(17-9-5-6-10-20(17)27-4)24(18)23(13-7-8-14-23)22(25)21(15)16(2)26-3/h5-6,9-12,25H,1-2,7-8,13-14H2,3-4H3. The first-order valence-corrected chi connectivity index (χ1v) is 9.27. The van der Waals surface area contributed by atoms with E-state index < -0.39 is 5.54 Å². The Hall–Kier alpha value is -2.88. The molecule has 1 aliphatic heterocycles. The van der Waals surface area contributed by atoms with Gasteiger partial charge in [-0.3, -0.25) is 0 Å². The largest absolute Gasteiger partial charge is 0.509 e. The third-order valence-electron chi connectivity index (χ3n) is 5.94. The molecule has 4 heteroatoms. The number of aliphatic hydroxyl groups is 1. The molecule has 0 saturated heterocycles. The van der Waals surface area contributed by atoms with Gasteiger partial charge in [0.05, 0.1) is 25.5 Å². The summed E-state index contributed by atoms with van der Waals surface area (Å²) in [4.78, 5) is 0. The van der Waals surface area contributed by atoms with E-state index in [-0.39, 0.29) is 0 Å². The van der Waals surface area contributed by atoms with Gasteiger partial charge in [-0.05, 0) is 37.1 Å². The minimum absolute atomic E-state index is 0.316. The maximum Gasteiger partial charge on any atom is 0.130 e. The second-order valence-corrected chi connectivity index (χ2v) is 7.21. The van der Waals surface area contributed by atoms with Crippen molar-refractivity contribution in [2.24, 2.45) is 0 Å². The number of methoxy groups -OCH3 is 2. The van der Waals surface area contributed by atoms with Gasteiger partial charge in [0, 0.05) is 16.8 Å². The zero-order valence-corrected chi connectivity index (χ0v) is 15.9. The molecule has 1 fully saturated rings. The van der Waals surface area contributed by atoms with Crippen LogP contribution in [0, 0.1) is 0 Å². The van der Waals surface area contributed by atoms with Crippen molar-refractivity contribution in [1.29, 1.82) is 0 Å². The lowest BCUT2D eigenvalue weighted by atomic mass is 9.83. The van der Waals surface area contributed by atoms with Crippen molar-refractivity contribution >= 4 is 5.57 Å². The molecule has 1 spiro atoms. The Balaban J connectivity index is 2.00. The normalized spacial score (nSPS) is 17.9. The fourth-order valence-corrected chi connectivity index (χ4v) is 4.63. The maximum absolute atomic E-state index is 11.4. The van der Waals surface area contributed by atoms with Crippen molar-refractivity contribution in [3.8, 4) is 17.0 Å². The number of rotatable bonds is 4. The minimum atomic E-state index is -0.493. The molecule has 4 nitrogen and oxygen atoms in total. The Labute approximate surface area is 160 Å². The van der Waals surface area contributed by atoms with Gasteiger partial charge < -0.3 is 19.1 Å². The number of fused-ring (bicyclic) bond motifs is 2. The van der Waals surface area contributed by atoms with E-state index in [4.69, 9.17) is 9.47 Å². The highest BCUT2D eigenvalue weighted by atomic mass is 16.5. The van der Waals surface area contributed by atoms with Crippen LogP contribution >= 0.6 is 0 Å². The fourth-order valence-electron chi connectivity index (χ4n) is 4.63. The number of benzene rings is 1. The molecule has 0 amide bonds. The molecule has 1 N–H and O–H groups in total. The predicted molar refractivity (Wildman–Crippen MR) is 108 cm³/mol. The molecule has 0 atom stereocenters. The van der Waals surface area contributed by atoms with Crippen LogP contribution < -0.4 is 4.74 Å². The van der Waals surface area contributed by atoms with Crippen molar-refractivity contribution in [3.05, 3.63) is 72.3 Å². The predicted octanol–water partition coefficient (Wildman–Crippen LogP) is 5.43. The lowest BCUT2D eigenvalue weighted by molar-refractivity contribution is 0.210. The number of nitrogens with zero attached hydrogens (tertiary/aromatic N) is 1. The number of hydrogen-bond acceptors (Lipinski definition) is 3. The number of hydrogen-bond donors (Lipinski definition) is 1. The first kappa shape index (κ1) is 17.5. The van der Waals surface area contributed by atoms with Crippen molar-refractivity contribution in [2.75, 3.05) is 14.2 Å². The molecule has 2 heterocycles. The van der Waals surface area contributed by atoms with Crippen LogP contribution in [0.3, 0.4) is 0 Å². The topological polar surface area (TPSA) is 43.6 Å². The lowest BCUT2D eigenvalue weighted by Crippen LogP contribution is -2.38. The third-order valence-corrected chi connectivity index (χ3v) is 5.94. The fraction of sp³-hybridized carbons (Fsp3) is 0.304. The highest BCUT2D eigenvalue weighted by molar-refractivity contribution is 5.85. The summed E-state index contributed by atoms with van der Waals surface area (Å²) in [6.45, 7) is 8.24. The minimum Gasteiger partial charge on any atom is -0.509 e. The van der Waals surface area contributed by atoms with Gasteiger partial charge >= 0.3 is 0 Å². The summed E-state index contributed by atoms with van der Waals surface area (Å²) >= 11 is 0. The summed E-state index contributed by atoms with van der Waals surface area (Å²) in [5, 5.41) is 11.4. The van der Waals surface area contributed by atoms with Crippen LogP contribution in [0.1, 0.15) is 31.4 Å². The molecule has 1 aromatic carbocycles. The monoisotopic (exact) mass is 363 g/mol. The Morgan fingerprint density at radius 1 is 1.07 bits per heavy atom. The van der Waals surface area contributed by atoms with Gasteiger partial charge in [0.25, 0.3) is 0 Å². The van der Waals surface area contributed by atoms with E-state index >= 15 is 0 Å². The molecule has 2 aliphatic rings. The highest BCUT2D eigenvalue weighted by Gasteiger charge is 2.47. The summed E-state index contributed by atoms with van der Waals surface area (Å²) in [5.41, 5.74) is 3.90. The molecular weight excluding hydrogens is 338 g/mol. The first-order chi connectivity index (χ1) is 13.0. The Bertz CT molecular complexity index is 958. The molecule has 0 bridgehead atoms. The van der Waals surface area contributed by atoms with E-state index in [0.29, 0.717) is 17.1 Å². The van der Waals surface area contributed by atoms with Crippen molar-refractivity contribution < 1.29 is 14.6 Å². The first-order valence-electron chi connectivity index (χ1n) is 9.27. The van der Waals surface area contributed by atoms with E-state index in [9.17, 15) is 5.11 Å². The molecule has 0 radical (unpaired) electrons. The molecule has 1 aromatic heterocycles.